The first-order chi connectivity index (χ1) is 8.63. The lowest BCUT2D eigenvalue weighted by Crippen LogP contribution is -2.15. The summed E-state index contributed by atoms with van der Waals surface area (Å²) in [7, 11) is 0. The Hall–Kier alpha value is -1.40. The molecule has 1 aromatic rings. The third kappa shape index (κ3) is 5.29. The minimum absolute atomic E-state index is 0.177. The second kappa shape index (κ2) is 7.84. The van der Waals surface area contributed by atoms with Crippen LogP contribution in [0.5, 0.6) is 0 Å². The summed E-state index contributed by atoms with van der Waals surface area (Å²) < 4.78 is 4.81. The summed E-state index contributed by atoms with van der Waals surface area (Å²) in [6.45, 7) is 3.53. The van der Waals surface area contributed by atoms with E-state index in [2.05, 4.69) is 5.32 Å². The topological polar surface area (TPSA) is 75.6 Å². The van der Waals surface area contributed by atoms with Crippen molar-refractivity contribution in [1.29, 1.82) is 0 Å². The van der Waals surface area contributed by atoms with Gasteiger partial charge in [0.1, 0.15) is 4.88 Å². The first-order valence-electron chi connectivity index (χ1n) is 5.81. The third-order valence-corrected chi connectivity index (χ3v) is 3.28. The molecule has 0 amide bonds. The van der Waals surface area contributed by atoms with Crippen molar-refractivity contribution in [2.45, 2.75) is 26.3 Å². The van der Waals surface area contributed by atoms with Crippen LogP contribution in [0.2, 0.25) is 0 Å². The molecule has 5 nitrogen and oxygen atoms in total. The lowest BCUT2D eigenvalue weighted by atomic mass is 10.3. The molecule has 0 atom stereocenters. The van der Waals surface area contributed by atoms with Crippen molar-refractivity contribution < 1.29 is 19.4 Å². The van der Waals surface area contributed by atoms with Gasteiger partial charge in [-0.15, -0.1) is 11.3 Å². The van der Waals surface area contributed by atoms with Crippen LogP contribution in [-0.4, -0.2) is 30.2 Å². The fourth-order valence-corrected chi connectivity index (χ4v) is 2.21. The monoisotopic (exact) mass is 271 g/mol. The van der Waals surface area contributed by atoms with Crippen molar-refractivity contribution in [2.75, 3.05) is 13.2 Å². The standard InChI is InChI=1S/C12H17NO4S/c1-2-17-11(14)4-3-7-13-8-9-5-6-10(18-9)12(15)16/h5-6,13H,2-4,7-8H2,1H3,(H,15,16). The van der Waals surface area contributed by atoms with Crippen molar-refractivity contribution in [3.05, 3.63) is 21.9 Å². The Labute approximate surface area is 110 Å². The molecule has 0 saturated heterocycles. The first kappa shape index (κ1) is 14.7. The molecule has 0 aliphatic carbocycles. The van der Waals surface area contributed by atoms with Crippen molar-refractivity contribution >= 4 is 23.3 Å². The van der Waals surface area contributed by atoms with E-state index in [-0.39, 0.29) is 5.97 Å². The number of nitrogens with one attached hydrogen (secondary N) is 1. The highest BCUT2D eigenvalue weighted by molar-refractivity contribution is 7.13. The van der Waals surface area contributed by atoms with Gasteiger partial charge in [-0.3, -0.25) is 4.79 Å². The number of hydrogen-bond acceptors (Lipinski definition) is 5. The molecule has 0 fully saturated rings. The molecule has 0 aliphatic rings. The predicted octanol–water partition coefficient (Wildman–Crippen LogP) is 1.88. The summed E-state index contributed by atoms with van der Waals surface area (Å²) in [4.78, 5) is 23.0. The van der Waals surface area contributed by atoms with E-state index in [0.29, 0.717) is 31.0 Å². The van der Waals surface area contributed by atoms with Gasteiger partial charge in [0.2, 0.25) is 0 Å². The number of ether oxygens (including phenoxy) is 1. The molecule has 1 heterocycles. The minimum atomic E-state index is -0.895. The van der Waals surface area contributed by atoms with Crippen LogP contribution in [0.4, 0.5) is 0 Å². The van der Waals surface area contributed by atoms with Crippen LogP contribution in [0.25, 0.3) is 0 Å². The number of rotatable bonds is 8. The molecule has 0 unspecified atom stereocenters. The molecular weight excluding hydrogens is 254 g/mol. The summed E-state index contributed by atoms with van der Waals surface area (Å²) in [6.07, 6.45) is 1.13. The Morgan fingerprint density at radius 3 is 2.83 bits per heavy atom. The molecular formula is C12H17NO4S. The highest BCUT2D eigenvalue weighted by atomic mass is 32.1. The Balaban J connectivity index is 2.14. The fourth-order valence-electron chi connectivity index (χ4n) is 1.39. The number of carbonyl (C=O) groups is 2. The normalized spacial score (nSPS) is 10.3. The zero-order valence-electron chi connectivity index (χ0n) is 10.3. The highest BCUT2D eigenvalue weighted by Gasteiger charge is 2.06. The second-order valence-electron chi connectivity index (χ2n) is 3.66. The molecule has 2 N–H and O–H groups in total. The van der Waals surface area contributed by atoms with Crippen LogP contribution in [0.15, 0.2) is 12.1 Å². The van der Waals surface area contributed by atoms with Gasteiger partial charge in [-0.25, -0.2) is 4.79 Å². The average Bonchev–Trinajstić information content (AvgIpc) is 2.78. The fraction of sp³-hybridized carbons (Fsp3) is 0.500. The van der Waals surface area contributed by atoms with Crippen molar-refractivity contribution in [1.82, 2.24) is 5.32 Å². The van der Waals surface area contributed by atoms with Gasteiger partial charge < -0.3 is 15.2 Å². The van der Waals surface area contributed by atoms with E-state index < -0.39 is 5.97 Å². The van der Waals surface area contributed by atoms with Gasteiger partial charge >= 0.3 is 11.9 Å². The van der Waals surface area contributed by atoms with Crippen molar-refractivity contribution in [3.8, 4) is 0 Å². The van der Waals surface area contributed by atoms with Crippen molar-refractivity contribution in [2.24, 2.45) is 0 Å². The van der Waals surface area contributed by atoms with Crippen LogP contribution < -0.4 is 5.32 Å². The molecule has 0 aliphatic heterocycles. The summed E-state index contributed by atoms with van der Waals surface area (Å²) in [5.74, 6) is -1.07. The van der Waals surface area contributed by atoms with Crippen LogP contribution >= 0.6 is 11.3 Å². The molecule has 18 heavy (non-hydrogen) atoms. The van der Waals surface area contributed by atoms with Gasteiger partial charge in [-0.1, -0.05) is 0 Å². The van der Waals surface area contributed by atoms with Crippen LogP contribution in [0.3, 0.4) is 0 Å². The number of carbonyl (C=O) groups excluding carboxylic acids is 1. The van der Waals surface area contributed by atoms with E-state index >= 15 is 0 Å². The maximum absolute atomic E-state index is 11.0. The maximum Gasteiger partial charge on any atom is 0.345 e. The van der Waals surface area contributed by atoms with E-state index in [9.17, 15) is 9.59 Å². The summed E-state index contributed by atoms with van der Waals surface area (Å²) in [5, 5.41) is 11.9. The largest absolute Gasteiger partial charge is 0.477 e. The third-order valence-electron chi connectivity index (χ3n) is 2.21. The van der Waals surface area contributed by atoms with Gasteiger partial charge in [0.25, 0.3) is 0 Å². The van der Waals surface area contributed by atoms with Gasteiger partial charge in [0.15, 0.2) is 0 Å². The summed E-state index contributed by atoms with van der Waals surface area (Å²) in [5.41, 5.74) is 0. The molecule has 0 spiro atoms. The van der Waals surface area contributed by atoms with Crippen molar-refractivity contribution in [3.63, 3.8) is 0 Å². The van der Waals surface area contributed by atoms with Crippen LogP contribution in [0, 0.1) is 0 Å². The van der Waals surface area contributed by atoms with Gasteiger partial charge in [0, 0.05) is 17.8 Å². The van der Waals surface area contributed by atoms with E-state index in [1.54, 1.807) is 19.1 Å². The zero-order chi connectivity index (χ0) is 13.4. The summed E-state index contributed by atoms with van der Waals surface area (Å²) in [6, 6.07) is 3.40. The molecule has 0 saturated carbocycles. The Bertz CT molecular complexity index is 403. The Kier molecular flexibility index (Phi) is 6.38. The van der Waals surface area contributed by atoms with E-state index in [0.717, 1.165) is 11.3 Å². The van der Waals surface area contributed by atoms with Gasteiger partial charge in [-0.2, -0.15) is 0 Å². The molecule has 0 bridgehead atoms. The van der Waals surface area contributed by atoms with Gasteiger partial charge in [-0.05, 0) is 32.0 Å². The lowest BCUT2D eigenvalue weighted by molar-refractivity contribution is -0.143. The smallest absolute Gasteiger partial charge is 0.345 e. The lowest BCUT2D eigenvalue weighted by Gasteiger charge is -2.03. The Morgan fingerprint density at radius 1 is 1.44 bits per heavy atom. The minimum Gasteiger partial charge on any atom is -0.477 e. The number of aromatic carboxylic acids is 1. The molecule has 100 valence electrons. The molecule has 0 radical (unpaired) electrons. The van der Waals surface area contributed by atoms with E-state index in [4.69, 9.17) is 9.84 Å². The van der Waals surface area contributed by atoms with Crippen LogP contribution in [0.1, 0.15) is 34.3 Å². The molecule has 6 heteroatoms. The number of carboxylic acid groups (broad SMARTS) is 1. The molecule has 0 aromatic carbocycles. The molecule has 1 aromatic heterocycles. The second-order valence-corrected chi connectivity index (χ2v) is 4.82. The predicted molar refractivity (Wildman–Crippen MR) is 68.9 cm³/mol. The summed E-state index contributed by atoms with van der Waals surface area (Å²) >= 11 is 1.26. The number of hydrogen-bond donors (Lipinski definition) is 2. The Morgan fingerprint density at radius 2 is 2.22 bits per heavy atom. The van der Waals surface area contributed by atoms with Gasteiger partial charge in [0.05, 0.1) is 6.61 Å². The maximum atomic E-state index is 11.0. The van der Waals surface area contributed by atoms with Crippen LogP contribution in [-0.2, 0) is 16.1 Å². The number of carboxylic acids is 1. The quantitative estimate of drug-likeness (QED) is 0.557. The van der Waals surface area contributed by atoms with E-state index in [1.807, 2.05) is 0 Å². The van der Waals surface area contributed by atoms with E-state index in [1.165, 1.54) is 11.3 Å². The highest BCUT2D eigenvalue weighted by Crippen LogP contribution is 2.15. The number of thiophene rings is 1. The number of esters is 1. The average molecular weight is 271 g/mol. The first-order valence-corrected chi connectivity index (χ1v) is 6.63. The SMILES string of the molecule is CCOC(=O)CCCNCc1ccc(C(=O)O)s1. The zero-order valence-corrected chi connectivity index (χ0v) is 11.1. The molecule has 1 rings (SSSR count).